The van der Waals surface area contributed by atoms with Gasteiger partial charge in [-0.05, 0) is 0 Å². The standard InChI is InChI=1S/C10H21.C2H4O5S.Na/c1-4-7-8-9-10(5-2)6-3;3-2(4)1-8(5,6)7;/h4-9H2,1-3H3;1H2,(H,3,4)(H,5,6,7);/q-1;;+1. The average molecular weight is 304 g/mol. The molecule has 0 aliphatic heterocycles. The first-order valence-corrected chi connectivity index (χ1v) is 7.88. The zero-order valence-corrected chi connectivity index (χ0v) is 15.3. The van der Waals surface area contributed by atoms with E-state index in [-0.39, 0.29) is 29.6 Å². The molecule has 0 heterocycles. The summed E-state index contributed by atoms with van der Waals surface area (Å²) in [6, 6.07) is 0. The molecule has 0 aliphatic rings. The molecule has 5 nitrogen and oxygen atoms in total. The van der Waals surface area contributed by atoms with Gasteiger partial charge < -0.3 is 11.0 Å². The second-order valence-corrected chi connectivity index (χ2v) is 5.49. The van der Waals surface area contributed by atoms with Crippen LogP contribution in [-0.4, -0.2) is 29.8 Å². The van der Waals surface area contributed by atoms with Crippen molar-refractivity contribution >= 4 is 16.1 Å². The van der Waals surface area contributed by atoms with Gasteiger partial charge in [0, 0.05) is 0 Å². The van der Waals surface area contributed by atoms with Crippen molar-refractivity contribution in [3.05, 3.63) is 5.92 Å². The second-order valence-electron chi connectivity index (χ2n) is 4.03. The number of aliphatic carboxylic acids is 1. The van der Waals surface area contributed by atoms with Crippen LogP contribution >= 0.6 is 0 Å². The monoisotopic (exact) mass is 304 g/mol. The molecule has 7 heteroatoms. The Kier molecular flexibility index (Phi) is 19.0. The molecule has 0 spiro atoms. The van der Waals surface area contributed by atoms with Gasteiger partial charge in [-0.2, -0.15) is 27.7 Å². The minimum atomic E-state index is -4.32. The van der Waals surface area contributed by atoms with Crippen LogP contribution in [0.2, 0.25) is 0 Å². The number of carboxylic acid groups (broad SMARTS) is 1. The molecule has 0 atom stereocenters. The maximum absolute atomic E-state index is 9.62. The number of hydrogen-bond donors (Lipinski definition) is 2. The quantitative estimate of drug-likeness (QED) is 0.283. The number of carboxylic acids is 1. The van der Waals surface area contributed by atoms with Crippen LogP contribution in [0.5, 0.6) is 0 Å². The summed E-state index contributed by atoms with van der Waals surface area (Å²) in [6.07, 6.45) is 8.12. The molecule has 0 bridgehead atoms. The summed E-state index contributed by atoms with van der Waals surface area (Å²) in [5.41, 5.74) is 0. The second kappa shape index (κ2) is 14.8. The maximum Gasteiger partial charge on any atom is 1.00 e. The Bertz CT molecular complexity index is 299. The molecule has 0 radical (unpaired) electrons. The summed E-state index contributed by atoms with van der Waals surface area (Å²) in [5, 5.41) is 7.71. The van der Waals surface area contributed by atoms with E-state index in [0.29, 0.717) is 0 Å². The van der Waals surface area contributed by atoms with Gasteiger partial charge >= 0.3 is 35.5 Å². The fraction of sp³-hybridized carbons (Fsp3) is 0.833. The summed E-state index contributed by atoms with van der Waals surface area (Å²) in [6.45, 7) is 6.80. The largest absolute Gasteiger partial charge is 1.00 e. The van der Waals surface area contributed by atoms with Crippen molar-refractivity contribution in [3.8, 4) is 0 Å². The zero-order chi connectivity index (χ0) is 14.6. The van der Waals surface area contributed by atoms with Gasteiger partial charge in [0.2, 0.25) is 0 Å². The van der Waals surface area contributed by atoms with Crippen molar-refractivity contribution in [1.29, 1.82) is 0 Å². The predicted octanol–water partition coefficient (Wildman–Crippen LogP) is -0.0760. The molecular weight excluding hydrogens is 279 g/mol. The fourth-order valence-electron chi connectivity index (χ4n) is 1.38. The average Bonchev–Trinajstić information content (AvgIpc) is 2.22. The van der Waals surface area contributed by atoms with Gasteiger partial charge in [-0.3, -0.25) is 9.35 Å². The van der Waals surface area contributed by atoms with E-state index in [4.69, 9.17) is 9.66 Å². The van der Waals surface area contributed by atoms with Gasteiger partial charge in [-0.1, -0.05) is 40.0 Å². The van der Waals surface area contributed by atoms with Gasteiger partial charge in [-0.15, -0.1) is 0 Å². The summed E-state index contributed by atoms with van der Waals surface area (Å²) in [7, 11) is -4.32. The van der Waals surface area contributed by atoms with Gasteiger partial charge in [-0.25, -0.2) is 0 Å². The van der Waals surface area contributed by atoms with Gasteiger partial charge in [0.15, 0.2) is 5.75 Å². The van der Waals surface area contributed by atoms with E-state index in [9.17, 15) is 13.2 Å². The Hall–Kier alpha value is 0.380. The first-order chi connectivity index (χ1) is 8.26. The van der Waals surface area contributed by atoms with Crippen molar-refractivity contribution in [3.63, 3.8) is 0 Å². The molecule has 0 aliphatic carbocycles. The molecule has 0 aromatic carbocycles. The number of unbranched alkanes of at least 4 members (excludes halogenated alkanes) is 2. The Morgan fingerprint density at radius 1 is 1.11 bits per heavy atom. The van der Waals surface area contributed by atoms with E-state index in [1.54, 1.807) is 5.92 Å². The molecule has 0 saturated heterocycles. The van der Waals surface area contributed by atoms with Crippen LogP contribution in [-0.2, 0) is 14.9 Å². The molecule has 0 saturated carbocycles. The Morgan fingerprint density at radius 2 is 1.58 bits per heavy atom. The van der Waals surface area contributed by atoms with E-state index in [1.807, 2.05) is 0 Å². The van der Waals surface area contributed by atoms with Crippen LogP contribution in [0.1, 0.15) is 59.3 Å². The van der Waals surface area contributed by atoms with Crippen LogP contribution in [0.4, 0.5) is 0 Å². The van der Waals surface area contributed by atoms with Gasteiger partial charge in [0.1, 0.15) is 0 Å². The normalized spacial score (nSPS) is 10.4. The minimum absolute atomic E-state index is 0. The van der Waals surface area contributed by atoms with E-state index in [0.717, 1.165) is 0 Å². The molecule has 0 aromatic heterocycles. The molecule has 0 amide bonds. The van der Waals surface area contributed by atoms with Crippen molar-refractivity contribution < 1.29 is 52.4 Å². The zero-order valence-electron chi connectivity index (χ0n) is 12.5. The number of rotatable bonds is 8. The van der Waals surface area contributed by atoms with E-state index in [1.165, 1.54) is 38.5 Å². The molecule has 19 heavy (non-hydrogen) atoms. The fourth-order valence-corrected chi connectivity index (χ4v) is 1.70. The smallest absolute Gasteiger partial charge is 0.480 e. The van der Waals surface area contributed by atoms with Crippen LogP contribution in [0, 0.1) is 5.92 Å². The summed E-state index contributed by atoms with van der Waals surface area (Å²) in [4.78, 5) is 9.48. The third kappa shape index (κ3) is 23.8. The van der Waals surface area contributed by atoms with Gasteiger partial charge in [0.05, 0.1) is 0 Å². The Labute approximate surface area is 139 Å². The third-order valence-electron chi connectivity index (χ3n) is 2.44. The number of carbonyl (C=O) groups is 1. The SMILES string of the molecule is CCCCC[C-](CC)CC.O=C(O)CS(=O)(=O)O.[Na+]. The number of hydrogen-bond acceptors (Lipinski definition) is 3. The molecule has 110 valence electrons. The van der Waals surface area contributed by atoms with Crippen molar-refractivity contribution in [2.45, 2.75) is 59.3 Å². The first-order valence-electron chi connectivity index (χ1n) is 6.27. The van der Waals surface area contributed by atoms with E-state index >= 15 is 0 Å². The maximum atomic E-state index is 9.62. The van der Waals surface area contributed by atoms with Crippen LogP contribution in [0.25, 0.3) is 0 Å². The molecule has 0 unspecified atom stereocenters. The minimum Gasteiger partial charge on any atom is -0.480 e. The summed E-state index contributed by atoms with van der Waals surface area (Å²) >= 11 is 0. The van der Waals surface area contributed by atoms with Crippen LogP contribution in [0.3, 0.4) is 0 Å². The van der Waals surface area contributed by atoms with Gasteiger partial charge in [0.25, 0.3) is 10.1 Å². The molecular formula is C12H25NaO5S. The van der Waals surface area contributed by atoms with E-state index < -0.39 is 21.8 Å². The topological polar surface area (TPSA) is 91.7 Å². The molecule has 0 rings (SSSR count). The summed E-state index contributed by atoms with van der Waals surface area (Å²) in [5.74, 6) is -1.05. The molecule has 2 N–H and O–H groups in total. The van der Waals surface area contributed by atoms with Crippen LogP contribution < -0.4 is 29.6 Å². The Balaban J connectivity index is -0.000000262. The van der Waals surface area contributed by atoms with Crippen LogP contribution in [0.15, 0.2) is 0 Å². The summed E-state index contributed by atoms with van der Waals surface area (Å²) < 4.78 is 27.0. The van der Waals surface area contributed by atoms with E-state index in [2.05, 4.69) is 20.8 Å². The molecule has 0 aromatic rings. The first kappa shape index (κ1) is 24.4. The Morgan fingerprint density at radius 3 is 1.79 bits per heavy atom. The van der Waals surface area contributed by atoms with Crippen molar-refractivity contribution in [2.75, 3.05) is 5.75 Å². The predicted molar refractivity (Wildman–Crippen MR) is 72.0 cm³/mol. The van der Waals surface area contributed by atoms with Crippen molar-refractivity contribution in [1.82, 2.24) is 0 Å². The third-order valence-corrected chi connectivity index (χ3v) is 3.05. The molecule has 0 fully saturated rings. The van der Waals surface area contributed by atoms with Crippen molar-refractivity contribution in [2.24, 2.45) is 0 Å².